The number of fused-ring (bicyclic) bond motifs is 1. The second kappa shape index (κ2) is 10.3. The highest BCUT2D eigenvalue weighted by Crippen LogP contribution is 2.32. The highest BCUT2D eigenvalue weighted by Gasteiger charge is 2.30. The van der Waals surface area contributed by atoms with Crippen molar-refractivity contribution in [2.75, 3.05) is 12.4 Å². The number of aromatic nitrogens is 1. The minimum atomic E-state index is -4.42. The lowest BCUT2D eigenvalue weighted by atomic mass is 9.96. The average molecular weight is 474 g/mol. The number of nitrogens with one attached hydrogen (secondary N) is 1. The van der Waals surface area contributed by atoms with Crippen molar-refractivity contribution in [3.05, 3.63) is 120 Å². The summed E-state index contributed by atoms with van der Waals surface area (Å²) in [6.07, 6.45) is 3.58. The fourth-order valence-electron chi connectivity index (χ4n) is 3.61. The van der Waals surface area contributed by atoms with Gasteiger partial charge in [-0.05, 0) is 53.1 Å². The number of rotatable bonds is 6. The number of carbonyl (C=O) groups excluding carboxylic acids is 1. The number of amides is 1. The molecule has 0 saturated heterocycles. The summed E-state index contributed by atoms with van der Waals surface area (Å²) in [5, 5.41) is 4.62. The quantitative estimate of drug-likeness (QED) is 0.245. The Balaban J connectivity index is 1.61. The summed E-state index contributed by atoms with van der Waals surface area (Å²) in [6, 6.07) is 19.4. The molecule has 0 atom stereocenters. The molecule has 0 radical (unpaired) electrons. The number of ether oxygens (including phenoxy) is 1. The number of alkyl halides is 3. The zero-order chi connectivity index (χ0) is 24.8. The molecule has 4 nitrogen and oxygen atoms in total. The molecule has 7 heteroatoms. The van der Waals surface area contributed by atoms with E-state index in [1.54, 1.807) is 62.0 Å². The molecule has 0 unspecified atom stereocenters. The van der Waals surface area contributed by atoms with Gasteiger partial charge >= 0.3 is 6.18 Å². The largest absolute Gasteiger partial charge is 0.497 e. The molecule has 4 aromatic rings. The van der Waals surface area contributed by atoms with E-state index in [2.05, 4.69) is 10.3 Å². The summed E-state index contributed by atoms with van der Waals surface area (Å²) < 4.78 is 44.2. The summed E-state index contributed by atoms with van der Waals surface area (Å²) in [6.45, 7) is 0. The maximum Gasteiger partial charge on any atom is 0.416 e. The third-order valence-corrected chi connectivity index (χ3v) is 5.37. The van der Waals surface area contributed by atoms with Crippen molar-refractivity contribution in [2.24, 2.45) is 0 Å². The van der Waals surface area contributed by atoms with Gasteiger partial charge in [0.15, 0.2) is 0 Å². The number of hydrogen-bond donors (Lipinski definition) is 1. The number of allylic oxidation sites excluding steroid dienone is 2. The van der Waals surface area contributed by atoms with Crippen molar-refractivity contribution < 1.29 is 22.7 Å². The molecular weight excluding hydrogens is 453 g/mol. The SMILES string of the molecule is COc1ccc(C(=CC=CC(=O)Nc2cccc3cnccc23)c2ccc(C(F)(F)F)cc2)cc1. The topological polar surface area (TPSA) is 51.2 Å². The molecule has 0 fully saturated rings. The van der Waals surface area contributed by atoms with Crippen LogP contribution in [0.2, 0.25) is 0 Å². The molecule has 4 rings (SSSR count). The molecular formula is C28H21F3N2O2. The summed E-state index contributed by atoms with van der Waals surface area (Å²) >= 11 is 0. The molecule has 0 aliphatic carbocycles. The maximum atomic E-state index is 13.0. The molecule has 0 aliphatic heterocycles. The first-order chi connectivity index (χ1) is 16.8. The fourth-order valence-corrected chi connectivity index (χ4v) is 3.61. The molecule has 0 bridgehead atoms. The third-order valence-electron chi connectivity index (χ3n) is 5.37. The Morgan fingerprint density at radius 2 is 1.63 bits per heavy atom. The number of methoxy groups -OCH3 is 1. The maximum absolute atomic E-state index is 13.0. The molecule has 0 spiro atoms. The van der Waals surface area contributed by atoms with Crippen LogP contribution in [0.3, 0.4) is 0 Å². The number of halogens is 3. The van der Waals surface area contributed by atoms with E-state index in [4.69, 9.17) is 4.74 Å². The van der Waals surface area contributed by atoms with E-state index in [9.17, 15) is 18.0 Å². The number of anilines is 1. The monoisotopic (exact) mass is 474 g/mol. The van der Waals surface area contributed by atoms with E-state index in [0.29, 0.717) is 22.6 Å². The Morgan fingerprint density at radius 1 is 0.943 bits per heavy atom. The standard InChI is InChI=1S/C28H21F3N2O2/c1-35-23-14-10-20(11-15-23)24(19-8-12-22(13-9-19)28(29,30)31)5-3-7-27(34)33-26-6-2-4-21-18-32-17-16-25(21)26/h2-18H,1H3,(H,33,34). The predicted octanol–water partition coefficient (Wildman–Crippen LogP) is 6.89. The van der Waals surface area contributed by atoms with Crippen molar-refractivity contribution in [3.8, 4) is 5.75 Å². The minimum Gasteiger partial charge on any atom is -0.497 e. The van der Waals surface area contributed by atoms with Crippen molar-refractivity contribution in [1.29, 1.82) is 0 Å². The lowest BCUT2D eigenvalue weighted by molar-refractivity contribution is -0.137. The van der Waals surface area contributed by atoms with Crippen LogP contribution in [0.15, 0.2) is 103 Å². The summed E-state index contributed by atoms with van der Waals surface area (Å²) in [5.74, 6) is 0.313. The van der Waals surface area contributed by atoms with Crippen LogP contribution in [-0.4, -0.2) is 18.0 Å². The van der Waals surface area contributed by atoms with Gasteiger partial charge in [-0.2, -0.15) is 13.2 Å². The smallest absolute Gasteiger partial charge is 0.416 e. The van der Waals surface area contributed by atoms with E-state index in [1.165, 1.54) is 18.2 Å². The molecule has 1 aromatic heterocycles. The van der Waals surface area contributed by atoms with E-state index in [0.717, 1.165) is 28.5 Å². The van der Waals surface area contributed by atoms with Crippen LogP contribution in [-0.2, 0) is 11.0 Å². The van der Waals surface area contributed by atoms with Gasteiger partial charge in [0.05, 0.1) is 12.7 Å². The van der Waals surface area contributed by atoms with E-state index >= 15 is 0 Å². The van der Waals surface area contributed by atoms with Crippen LogP contribution >= 0.6 is 0 Å². The molecule has 0 aliphatic rings. The summed E-state index contributed by atoms with van der Waals surface area (Å²) in [4.78, 5) is 16.6. The van der Waals surface area contributed by atoms with E-state index < -0.39 is 11.7 Å². The molecule has 176 valence electrons. The van der Waals surface area contributed by atoms with Crippen LogP contribution in [0.1, 0.15) is 16.7 Å². The third kappa shape index (κ3) is 5.76. The molecule has 1 heterocycles. The normalized spacial score (nSPS) is 12.2. The van der Waals surface area contributed by atoms with Gasteiger partial charge < -0.3 is 10.1 Å². The van der Waals surface area contributed by atoms with Gasteiger partial charge in [-0.3, -0.25) is 9.78 Å². The van der Waals surface area contributed by atoms with Crippen molar-refractivity contribution in [3.63, 3.8) is 0 Å². The number of carbonyl (C=O) groups is 1. The van der Waals surface area contributed by atoms with Crippen LogP contribution in [0.4, 0.5) is 18.9 Å². The number of hydrogen-bond acceptors (Lipinski definition) is 3. The highest BCUT2D eigenvalue weighted by atomic mass is 19.4. The Hall–Kier alpha value is -4.39. The second-order valence-electron chi connectivity index (χ2n) is 7.63. The molecule has 3 aromatic carbocycles. The van der Waals surface area contributed by atoms with Gasteiger partial charge in [0.2, 0.25) is 5.91 Å². The van der Waals surface area contributed by atoms with Gasteiger partial charge in [0.1, 0.15) is 5.75 Å². The van der Waals surface area contributed by atoms with Crippen molar-refractivity contribution in [2.45, 2.75) is 6.18 Å². The molecule has 1 N–H and O–H groups in total. The first kappa shape index (κ1) is 23.8. The van der Waals surface area contributed by atoms with Crippen LogP contribution in [0, 0.1) is 0 Å². The van der Waals surface area contributed by atoms with Gasteiger partial charge in [-0.25, -0.2) is 0 Å². The van der Waals surface area contributed by atoms with E-state index in [1.807, 2.05) is 18.2 Å². The van der Waals surface area contributed by atoms with Gasteiger partial charge in [-0.15, -0.1) is 0 Å². The van der Waals surface area contributed by atoms with Crippen molar-refractivity contribution >= 4 is 27.9 Å². The Morgan fingerprint density at radius 3 is 2.29 bits per heavy atom. The number of benzene rings is 3. The zero-order valence-corrected chi connectivity index (χ0v) is 18.7. The number of nitrogens with zero attached hydrogens (tertiary/aromatic N) is 1. The van der Waals surface area contributed by atoms with Gasteiger partial charge in [0, 0.05) is 34.9 Å². The zero-order valence-electron chi connectivity index (χ0n) is 18.7. The molecule has 35 heavy (non-hydrogen) atoms. The lowest BCUT2D eigenvalue weighted by Gasteiger charge is -2.11. The van der Waals surface area contributed by atoms with E-state index in [-0.39, 0.29) is 5.91 Å². The first-order valence-corrected chi connectivity index (χ1v) is 10.7. The van der Waals surface area contributed by atoms with Crippen molar-refractivity contribution in [1.82, 2.24) is 4.98 Å². The lowest BCUT2D eigenvalue weighted by Crippen LogP contribution is -2.08. The molecule has 1 amide bonds. The van der Waals surface area contributed by atoms with Crippen LogP contribution in [0.5, 0.6) is 5.75 Å². The molecule has 0 saturated carbocycles. The second-order valence-corrected chi connectivity index (χ2v) is 7.63. The van der Waals surface area contributed by atoms with Gasteiger partial charge in [0.25, 0.3) is 0 Å². The minimum absolute atomic E-state index is 0.341. The van der Waals surface area contributed by atoms with Crippen LogP contribution in [0.25, 0.3) is 16.3 Å². The highest BCUT2D eigenvalue weighted by molar-refractivity contribution is 6.06. The predicted molar refractivity (Wildman–Crippen MR) is 131 cm³/mol. The van der Waals surface area contributed by atoms with Gasteiger partial charge in [-0.1, -0.05) is 48.6 Å². The Labute approximate surface area is 200 Å². The summed E-state index contributed by atoms with van der Waals surface area (Å²) in [5.41, 5.74) is 1.92. The Kier molecular flexibility index (Phi) is 6.96. The summed E-state index contributed by atoms with van der Waals surface area (Å²) in [7, 11) is 1.55. The average Bonchev–Trinajstić information content (AvgIpc) is 2.87. The first-order valence-electron chi connectivity index (χ1n) is 10.7. The van der Waals surface area contributed by atoms with Crippen LogP contribution < -0.4 is 10.1 Å². The number of pyridine rings is 1. The fraction of sp³-hybridized carbons (Fsp3) is 0.0714. The Bertz CT molecular complexity index is 1390.